The molecule has 1 heterocycles. The van der Waals surface area contributed by atoms with Gasteiger partial charge < -0.3 is 4.74 Å². The van der Waals surface area contributed by atoms with Crippen LogP contribution in [0.15, 0.2) is 4.99 Å². The van der Waals surface area contributed by atoms with Crippen LogP contribution in [0, 0.1) is 5.92 Å². The van der Waals surface area contributed by atoms with Crippen molar-refractivity contribution in [2.24, 2.45) is 10.9 Å². The molecule has 1 aliphatic heterocycles. The van der Waals surface area contributed by atoms with Crippen molar-refractivity contribution in [3.05, 3.63) is 0 Å². The zero-order chi connectivity index (χ0) is 7.72. The molecule has 0 saturated heterocycles. The van der Waals surface area contributed by atoms with E-state index >= 15 is 0 Å². The fourth-order valence-electron chi connectivity index (χ4n) is 0.862. The van der Waals surface area contributed by atoms with Crippen molar-refractivity contribution in [2.45, 2.75) is 19.9 Å². The van der Waals surface area contributed by atoms with Crippen LogP contribution in [0.25, 0.3) is 0 Å². The number of nitrogens with zero attached hydrogens (tertiary/aromatic N) is 1. The summed E-state index contributed by atoms with van der Waals surface area (Å²) in [6.45, 7) is 4.03. The molecule has 0 aliphatic carbocycles. The molecule has 0 bridgehead atoms. The molecule has 0 amide bonds. The summed E-state index contributed by atoms with van der Waals surface area (Å²) in [7, 11) is 1.38. The van der Waals surface area contributed by atoms with E-state index in [0.717, 1.165) is 5.71 Å². The summed E-state index contributed by atoms with van der Waals surface area (Å²) in [6.07, 6.45) is 0. The van der Waals surface area contributed by atoms with Crippen LogP contribution in [0.5, 0.6) is 0 Å². The average molecular weight is 141 g/mol. The maximum atomic E-state index is 10.8. The van der Waals surface area contributed by atoms with Gasteiger partial charge in [-0.15, -0.1) is 0 Å². The molecule has 3 nitrogen and oxygen atoms in total. The van der Waals surface area contributed by atoms with Crippen LogP contribution in [0.3, 0.4) is 0 Å². The number of hydrogen-bond donors (Lipinski definition) is 0. The lowest BCUT2D eigenvalue weighted by molar-refractivity contribution is -0.139. The van der Waals surface area contributed by atoms with Crippen LogP contribution in [-0.4, -0.2) is 24.8 Å². The van der Waals surface area contributed by atoms with E-state index in [1.807, 2.05) is 13.8 Å². The predicted molar refractivity (Wildman–Crippen MR) is 38.1 cm³/mol. The van der Waals surface area contributed by atoms with Crippen LogP contribution in [0.1, 0.15) is 13.8 Å². The molecule has 0 unspecified atom stereocenters. The number of rotatable bonds is 2. The van der Waals surface area contributed by atoms with Crippen molar-refractivity contribution in [3.63, 3.8) is 0 Å². The summed E-state index contributed by atoms with van der Waals surface area (Å²) >= 11 is 0. The van der Waals surface area contributed by atoms with Crippen molar-refractivity contribution < 1.29 is 9.53 Å². The first-order valence-electron chi connectivity index (χ1n) is 3.32. The van der Waals surface area contributed by atoms with E-state index in [2.05, 4.69) is 9.73 Å². The molecule has 10 heavy (non-hydrogen) atoms. The molecule has 0 aromatic heterocycles. The third-order valence-electron chi connectivity index (χ3n) is 1.51. The molecule has 0 spiro atoms. The highest BCUT2D eigenvalue weighted by atomic mass is 16.5. The molecule has 3 heteroatoms. The Hall–Kier alpha value is -0.860. The van der Waals surface area contributed by atoms with E-state index < -0.39 is 0 Å². The zero-order valence-corrected chi connectivity index (χ0v) is 6.42. The lowest BCUT2D eigenvalue weighted by atomic mass is 10.1. The predicted octanol–water partition coefficient (Wildman–Crippen LogP) is 0.639. The number of esters is 1. The highest BCUT2D eigenvalue weighted by Crippen LogP contribution is 2.19. The average Bonchev–Trinajstić information content (AvgIpc) is 2.64. The second-order valence-electron chi connectivity index (χ2n) is 2.63. The summed E-state index contributed by atoms with van der Waals surface area (Å²) in [5.74, 6) is 0.146. The maximum absolute atomic E-state index is 10.8. The van der Waals surface area contributed by atoms with Gasteiger partial charge >= 0.3 is 5.97 Å². The number of methoxy groups -OCH3 is 1. The number of carbonyl (C=O) groups is 1. The number of aliphatic imine (C=N–C) groups is 1. The second-order valence-corrected chi connectivity index (χ2v) is 2.63. The molecule has 1 aliphatic rings. The van der Waals surface area contributed by atoms with Gasteiger partial charge in [0, 0.05) is 0 Å². The lowest BCUT2D eigenvalue weighted by Gasteiger charge is -1.96. The summed E-state index contributed by atoms with van der Waals surface area (Å²) in [5, 5.41) is 0. The minimum Gasteiger partial charge on any atom is -0.467 e. The molecular formula is C7H11NO2. The monoisotopic (exact) mass is 141 g/mol. The number of carbonyl (C=O) groups excluding carboxylic acids is 1. The molecule has 0 saturated carbocycles. The first kappa shape index (κ1) is 7.25. The Labute approximate surface area is 60.1 Å². The molecule has 1 atom stereocenters. The minimum absolute atomic E-state index is 0.233. The van der Waals surface area contributed by atoms with Crippen molar-refractivity contribution in [1.82, 2.24) is 0 Å². The van der Waals surface area contributed by atoms with E-state index in [0.29, 0.717) is 5.92 Å². The lowest BCUT2D eigenvalue weighted by Crippen LogP contribution is -2.16. The van der Waals surface area contributed by atoms with Gasteiger partial charge in [0.15, 0.2) is 6.04 Å². The third kappa shape index (κ3) is 1.17. The quantitative estimate of drug-likeness (QED) is 0.529. The molecule has 0 radical (unpaired) electrons. The molecule has 56 valence electrons. The normalized spacial score (nSPS) is 22.4. The Balaban J connectivity index is 2.36. The molecular weight excluding hydrogens is 130 g/mol. The van der Waals surface area contributed by atoms with Gasteiger partial charge in [0.1, 0.15) is 0 Å². The van der Waals surface area contributed by atoms with Gasteiger partial charge in [-0.3, -0.25) is 4.99 Å². The Kier molecular flexibility index (Phi) is 1.74. The fraction of sp³-hybridized carbons (Fsp3) is 0.714. The highest BCUT2D eigenvalue weighted by Gasteiger charge is 2.37. The molecule has 0 N–H and O–H groups in total. The zero-order valence-electron chi connectivity index (χ0n) is 6.42. The summed E-state index contributed by atoms with van der Waals surface area (Å²) < 4.78 is 4.50. The molecule has 1 rings (SSSR count). The van der Waals surface area contributed by atoms with E-state index in [9.17, 15) is 4.79 Å². The summed E-state index contributed by atoms with van der Waals surface area (Å²) in [5.41, 5.74) is 0.965. The van der Waals surface area contributed by atoms with Crippen LogP contribution in [0.2, 0.25) is 0 Å². The fourth-order valence-corrected chi connectivity index (χ4v) is 0.862. The van der Waals surface area contributed by atoms with Gasteiger partial charge in [-0.2, -0.15) is 0 Å². The van der Waals surface area contributed by atoms with Gasteiger partial charge in [0.2, 0.25) is 0 Å². The molecule has 0 fully saturated rings. The van der Waals surface area contributed by atoms with E-state index in [1.165, 1.54) is 7.11 Å². The first-order valence-corrected chi connectivity index (χ1v) is 3.32. The first-order chi connectivity index (χ1) is 4.66. The van der Waals surface area contributed by atoms with Gasteiger partial charge in [-0.25, -0.2) is 4.79 Å². The van der Waals surface area contributed by atoms with E-state index in [4.69, 9.17) is 0 Å². The Morgan fingerprint density at radius 1 is 1.70 bits per heavy atom. The standard InChI is InChI=1S/C7H11NO2/c1-4(2)5-6(8-5)7(9)10-3/h4,6H,1-3H3/t6-/m0/s1. The van der Waals surface area contributed by atoms with Crippen molar-refractivity contribution in [2.75, 3.05) is 7.11 Å². The Morgan fingerprint density at radius 3 is 2.60 bits per heavy atom. The van der Waals surface area contributed by atoms with Gasteiger partial charge in [0.05, 0.1) is 12.8 Å². The highest BCUT2D eigenvalue weighted by molar-refractivity contribution is 6.16. The van der Waals surface area contributed by atoms with E-state index in [-0.39, 0.29) is 12.0 Å². The topological polar surface area (TPSA) is 38.7 Å². The number of hydrogen-bond acceptors (Lipinski definition) is 3. The van der Waals surface area contributed by atoms with Crippen LogP contribution >= 0.6 is 0 Å². The molecule has 0 aromatic carbocycles. The van der Waals surface area contributed by atoms with Crippen molar-refractivity contribution in [1.29, 1.82) is 0 Å². The number of ether oxygens (including phenoxy) is 1. The largest absolute Gasteiger partial charge is 0.467 e. The van der Waals surface area contributed by atoms with Gasteiger partial charge in [0.25, 0.3) is 0 Å². The smallest absolute Gasteiger partial charge is 0.336 e. The van der Waals surface area contributed by atoms with Crippen LogP contribution in [-0.2, 0) is 9.53 Å². The van der Waals surface area contributed by atoms with Gasteiger partial charge in [-0.1, -0.05) is 13.8 Å². The third-order valence-corrected chi connectivity index (χ3v) is 1.51. The second kappa shape index (κ2) is 2.40. The molecule has 0 aromatic rings. The maximum Gasteiger partial charge on any atom is 0.336 e. The summed E-state index contributed by atoms with van der Waals surface area (Å²) in [6, 6.07) is -0.245. The van der Waals surface area contributed by atoms with Crippen molar-refractivity contribution >= 4 is 11.7 Å². The van der Waals surface area contributed by atoms with Gasteiger partial charge in [-0.05, 0) is 5.92 Å². The minimum atomic E-state index is -0.245. The van der Waals surface area contributed by atoms with E-state index in [1.54, 1.807) is 0 Å². The SMILES string of the molecule is COC(=O)[C@H]1N=C1C(C)C. The summed E-state index contributed by atoms with van der Waals surface area (Å²) in [4.78, 5) is 14.7. The van der Waals surface area contributed by atoms with Crippen molar-refractivity contribution in [3.8, 4) is 0 Å². The van der Waals surface area contributed by atoms with Crippen LogP contribution < -0.4 is 0 Å². The van der Waals surface area contributed by atoms with Crippen LogP contribution in [0.4, 0.5) is 0 Å². The Bertz CT molecular complexity index is 184. The Morgan fingerprint density at radius 2 is 2.30 bits per heavy atom.